The average Bonchev–Trinajstić information content (AvgIpc) is 1.85. The van der Waals surface area contributed by atoms with Gasteiger partial charge in [-0.05, 0) is 20.0 Å². The topological polar surface area (TPSA) is 23.5 Å². The Hall–Kier alpha value is 0.210. The Kier molecular flexibility index (Phi) is 11.8. The summed E-state index contributed by atoms with van der Waals surface area (Å²) in [7, 11) is 2.03. The summed E-state index contributed by atoms with van der Waals surface area (Å²) < 4.78 is 0. The predicted octanol–water partition coefficient (Wildman–Crippen LogP) is 1.13. The number of hydrogen-bond acceptors (Lipinski definition) is 2. The Labute approximate surface area is 69.6 Å². The van der Waals surface area contributed by atoms with Gasteiger partial charge in [0.1, 0.15) is 0 Å². The Bertz CT molecular complexity index is 61.6. The molecule has 2 nitrogen and oxygen atoms in total. The van der Waals surface area contributed by atoms with E-state index in [1.807, 2.05) is 7.05 Å². The summed E-state index contributed by atoms with van der Waals surface area (Å²) in [6.45, 7) is 4.37. The smallest absolute Gasteiger partial charge is 0.0558 e. The van der Waals surface area contributed by atoms with E-state index >= 15 is 0 Å². The standard InChI is InChI=1S/C7H17NO.ClH/c1-3-4-5-8(2)6-7-9;/h9H,3-7H2,1-2H3;1H. The van der Waals surface area contributed by atoms with Crippen molar-refractivity contribution < 1.29 is 5.11 Å². The van der Waals surface area contributed by atoms with Crippen molar-refractivity contribution in [2.24, 2.45) is 0 Å². The van der Waals surface area contributed by atoms with Gasteiger partial charge in [0.25, 0.3) is 0 Å². The van der Waals surface area contributed by atoms with Gasteiger partial charge < -0.3 is 10.0 Å². The zero-order chi connectivity index (χ0) is 7.11. The van der Waals surface area contributed by atoms with Crippen LogP contribution in [0.3, 0.4) is 0 Å². The van der Waals surface area contributed by atoms with Gasteiger partial charge in [-0.3, -0.25) is 0 Å². The van der Waals surface area contributed by atoms with E-state index in [0.29, 0.717) is 0 Å². The maximum Gasteiger partial charge on any atom is 0.0558 e. The number of hydrogen-bond donors (Lipinski definition) is 1. The minimum absolute atomic E-state index is 0. The van der Waals surface area contributed by atoms with Gasteiger partial charge >= 0.3 is 0 Å². The van der Waals surface area contributed by atoms with Crippen LogP contribution in [0.4, 0.5) is 0 Å². The highest BCUT2D eigenvalue weighted by molar-refractivity contribution is 5.85. The zero-order valence-electron chi connectivity index (χ0n) is 6.84. The van der Waals surface area contributed by atoms with Gasteiger partial charge in [0.2, 0.25) is 0 Å². The molecule has 0 aromatic rings. The minimum Gasteiger partial charge on any atom is -0.395 e. The van der Waals surface area contributed by atoms with Gasteiger partial charge in [-0.25, -0.2) is 0 Å². The van der Waals surface area contributed by atoms with Gasteiger partial charge in [0.05, 0.1) is 6.61 Å². The van der Waals surface area contributed by atoms with Crippen LogP contribution in [-0.4, -0.2) is 36.8 Å². The van der Waals surface area contributed by atoms with Gasteiger partial charge in [0, 0.05) is 6.54 Å². The molecular formula is C7H18ClNO. The van der Waals surface area contributed by atoms with E-state index in [9.17, 15) is 0 Å². The molecule has 0 saturated carbocycles. The van der Waals surface area contributed by atoms with E-state index in [1.54, 1.807) is 0 Å². The first-order chi connectivity index (χ1) is 4.31. The van der Waals surface area contributed by atoms with Crippen molar-refractivity contribution in [1.82, 2.24) is 4.90 Å². The Balaban J connectivity index is 0. The van der Waals surface area contributed by atoms with Gasteiger partial charge in [-0.1, -0.05) is 13.3 Å². The second-order valence-corrected chi connectivity index (χ2v) is 2.38. The first kappa shape index (κ1) is 12.8. The van der Waals surface area contributed by atoms with Gasteiger partial charge in [-0.15, -0.1) is 12.4 Å². The molecule has 0 aliphatic rings. The zero-order valence-corrected chi connectivity index (χ0v) is 7.65. The molecule has 0 fully saturated rings. The first-order valence-corrected chi connectivity index (χ1v) is 3.60. The molecule has 0 aliphatic carbocycles. The van der Waals surface area contributed by atoms with E-state index in [1.165, 1.54) is 12.8 Å². The fraction of sp³-hybridized carbons (Fsp3) is 1.00. The molecule has 3 heteroatoms. The quantitative estimate of drug-likeness (QED) is 0.664. The third-order valence-electron chi connectivity index (χ3n) is 1.38. The van der Waals surface area contributed by atoms with Crippen LogP contribution in [0.1, 0.15) is 19.8 Å². The lowest BCUT2D eigenvalue weighted by atomic mass is 10.3. The van der Waals surface area contributed by atoms with Crippen LogP contribution in [0.5, 0.6) is 0 Å². The summed E-state index contributed by atoms with van der Waals surface area (Å²) in [5.74, 6) is 0. The van der Waals surface area contributed by atoms with Crippen molar-refractivity contribution >= 4 is 12.4 Å². The molecule has 0 bridgehead atoms. The fourth-order valence-electron chi connectivity index (χ4n) is 0.711. The Morgan fingerprint density at radius 1 is 1.30 bits per heavy atom. The highest BCUT2D eigenvalue weighted by atomic mass is 35.5. The molecule has 0 atom stereocenters. The molecule has 0 amide bonds. The van der Waals surface area contributed by atoms with Crippen molar-refractivity contribution in [3.05, 3.63) is 0 Å². The summed E-state index contributed by atoms with van der Waals surface area (Å²) in [6, 6.07) is 0. The molecule has 1 N–H and O–H groups in total. The molecule has 0 aliphatic heterocycles. The molecule has 0 aromatic carbocycles. The van der Waals surface area contributed by atoms with Crippen molar-refractivity contribution in [1.29, 1.82) is 0 Å². The second kappa shape index (κ2) is 9.21. The molecule has 0 saturated heterocycles. The third-order valence-corrected chi connectivity index (χ3v) is 1.38. The number of aliphatic hydroxyl groups excluding tert-OH is 1. The molecule has 0 aromatic heterocycles. The van der Waals surface area contributed by atoms with E-state index in [4.69, 9.17) is 5.11 Å². The largest absolute Gasteiger partial charge is 0.395 e. The average molecular weight is 168 g/mol. The molecule has 0 heterocycles. The number of unbranched alkanes of at least 4 members (excludes halogenated alkanes) is 1. The Morgan fingerprint density at radius 3 is 2.30 bits per heavy atom. The molecule has 0 rings (SSSR count). The first-order valence-electron chi connectivity index (χ1n) is 3.60. The van der Waals surface area contributed by atoms with Gasteiger partial charge in [-0.2, -0.15) is 0 Å². The predicted molar refractivity (Wildman–Crippen MR) is 46.7 cm³/mol. The van der Waals surface area contributed by atoms with Crippen molar-refractivity contribution in [3.63, 3.8) is 0 Å². The fourth-order valence-corrected chi connectivity index (χ4v) is 0.711. The van der Waals surface area contributed by atoms with Crippen molar-refractivity contribution in [2.75, 3.05) is 26.7 Å². The SMILES string of the molecule is CCCCN(C)CCO.Cl. The highest BCUT2D eigenvalue weighted by Crippen LogP contribution is 1.89. The normalized spacial score (nSPS) is 9.60. The van der Waals surface area contributed by atoms with Crippen LogP contribution in [-0.2, 0) is 0 Å². The summed E-state index contributed by atoms with van der Waals surface area (Å²) >= 11 is 0. The van der Waals surface area contributed by atoms with Crippen LogP contribution in [0.15, 0.2) is 0 Å². The molecule has 10 heavy (non-hydrogen) atoms. The number of likely N-dealkylation sites (N-methyl/N-ethyl adjacent to an activating group) is 1. The lowest BCUT2D eigenvalue weighted by Crippen LogP contribution is -2.22. The monoisotopic (exact) mass is 167 g/mol. The maximum absolute atomic E-state index is 8.49. The third kappa shape index (κ3) is 8.21. The summed E-state index contributed by atoms with van der Waals surface area (Å²) in [4.78, 5) is 2.14. The minimum atomic E-state index is 0. The van der Waals surface area contributed by atoms with E-state index in [2.05, 4.69) is 11.8 Å². The molecule has 64 valence electrons. The van der Waals surface area contributed by atoms with Crippen LogP contribution in [0.25, 0.3) is 0 Å². The molecule has 0 unspecified atom stereocenters. The van der Waals surface area contributed by atoms with E-state index in [0.717, 1.165) is 13.1 Å². The lowest BCUT2D eigenvalue weighted by Gasteiger charge is -2.13. The van der Waals surface area contributed by atoms with Crippen LogP contribution in [0, 0.1) is 0 Å². The van der Waals surface area contributed by atoms with Gasteiger partial charge in [0.15, 0.2) is 0 Å². The van der Waals surface area contributed by atoms with Crippen LogP contribution >= 0.6 is 12.4 Å². The number of nitrogens with zero attached hydrogens (tertiary/aromatic N) is 1. The van der Waals surface area contributed by atoms with Crippen LogP contribution in [0.2, 0.25) is 0 Å². The molecule has 0 radical (unpaired) electrons. The Morgan fingerprint density at radius 2 is 1.90 bits per heavy atom. The van der Waals surface area contributed by atoms with Crippen LogP contribution < -0.4 is 0 Å². The summed E-state index contributed by atoms with van der Waals surface area (Å²) in [5.41, 5.74) is 0. The number of aliphatic hydroxyl groups is 1. The second-order valence-electron chi connectivity index (χ2n) is 2.38. The number of halogens is 1. The molecule has 0 spiro atoms. The molecular weight excluding hydrogens is 150 g/mol. The van der Waals surface area contributed by atoms with Crippen molar-refractivity contribution in [3.8, 4) is 0 Å². The van der Waals surface area contributed by atoms with E-state index < -0.39 is 0 Å². The summed E-state index contributed by atoms with van der Waals surface area (Å²) in [6.07, 6.45) is 2.46. The summed E-state index contributed by atoms with van der Waals surface area (Å²) in [5, 5.41) is 8.49. The number of rotatable bonds is 5. The highest BCUT2D eigenvalue weighted by Gasteiger charge is 1.93. The van der Waals surface area contributed by atoms with Crippen molar-refractivity contribution in [2.45, 2.75) is 19.8 Å². The lowest BCUT2D eigenvalue weighted by molar-refractivity contribution is 0.220. The van der Waals surface area contributed by atoms with E-state index in [-0.39, 0.29) is 19.0 Å². The maximum atomic E-state index is 8.49.